The minimum Gasteiger partial charge on any atom is -0.481 e. The fraction of sp³-hybridized carbons (Fsp3) is 0.600. The summed E-state index contributed by atoms with van der Waals surface area (Å²) in [6, 6.07) is -1.06. The van der Waals surface area contributed by atoms with Crippen LogP contribution in [0.25, 0.3) is 0 Å². The van der Waals surface area contributed by atoms with Crippen LogP contribution in [0.4, 0.5) is 0 Å². The van der Waals surface area contributed by atoms with Gasteiger partial charge in [0.1, 0.15) is 6.04 Å². The van der Waals surface area contributed by atoms with Crippen molar-refractivity contribution in [2.24, 2.45) is 5.73 Å². The number of carboxylic acid groups (broad SMARTS) is 2. The van der Waals surface area contributed by atoms with Crippen LogP contribution in [0, 0.1) is 0 Å². The molecule has 6 heteroatoms. The van der Waals surface area contributed by atoms with Crippen molar-refractivity contribution in [3.05, 3.63) is 0 Å². The number of carbonyl (C=O) groups is 2. The van der Waals surface area contributed by atoms with Crippen molar-refractivity contribution < 1.29 is 19.8 Å². The van der Waals surface area contributed by atoms with Crippen molar-refractivity contribution in [1.82, 2.24) is 0 Å². The number of rotatable bonds is 4. The van der Waals surface area contributed by atoms with Gasteiger partial charge in [-0.3, -0.25) is 9.59 Å². The fourth-order valence-electron chi connectivity index (χ4n) is 0.402. The van der Waals surface area contributed by atoms with Crippen LogP contribution in [0.5, 0.6) is 0 Å². The highest BCUT2D eigenvalue weighted by Crippen LogP contribution is 1.93. The Morgan fingerprint density at radius 1 is 1.36 bits per heavy atom. The summed E-state index contributed by atoms with van der Waals surface area (Å²) in [7, 11) is 0. The third-order valence-electron chi connectivity index (χ3n) is 0.986. The van der Waals surface area contributed by atoms with E-state index in [0.29, 0.717) is 0 Å². The van der Waals surface area contributed by atoms with E-state index in [1.165, 1.54) is 0 Å². The first-order valence-electron chi connectivity index (χ1n) is 2.74. The fourth-order valence-corrected chi connectivity index (χ4v) is 0.402. The molecule has 0 fully saturated rings. The Morgan fingerprint density at radius 3 is 2.09 bits per heavy atom. The van der Waals surface area contributed by atoms with E-state index in [-0.39, 0.29) is 21.3 Å². The SMILES string of the molecule is N[C@@H](CCC(=O)O)C(=O)O.[B]. The lowest BCUT2D eigenvalue weighted by Crippen LogP contribution is -2.30. The van der Waals surface area contributed by atoms with Gasteiger partial charge in [0.15, 0.2) is 0 Å². The van der Waals surface area contributed by atoms with Crippen molar-refractivity contribution in [3.63, 3.8) is 0 Å². The lowest BCUT2D eigenvalue weighted by atomic mass is 10.2. The normalized spacial score (nSPS) is 11.4. The highest BCUT2D eigenvalue weighted by molar-refractivity contribution is 5.75. The average molecular weight is 158 g/mol. The molecule has 1 atom stereocenters. The van der Waals surface area contributed by atoms with Gasteiger partial charge >= 0.3 is 11.9 Å². The molecule has 0 aliphatic carbocycles. The molecule has 0 saturated heterocycles. The third-order valence-corrected chi connectivity index (χ3v) is 0.986. The molecule has 61 valence electrons. The van der Waals surface area contributed by atoms with E-state index >= 15 is 0 Å². The zero-order valence-electron chi connectivity index (χ0n) is 5.86. The molecule has 0 aromatic rings. The van der Waals surface area contributed by atoms with Crippen LogP contribution >= 0.6 is 0 Å². The minimum atomic E-state index is -1.17. The maximum absolute atomic E-state index is 9.99. The molecular formula is C5H9BNO4. The molecule has 0 aromatic heterocycles. The molecule has 4 N–H and O–H groups in total. The Bertz CT molecular complexity index is 149. The van der Waals surface area contributed by atoms with Crippen LogP contribution in [0.3, 0.4) is 0 Å². The van der Waals surface area contributed by atoms with E-state index in [4.69, 9.17) is 15.9 Å². The average Bonchev–Trinajstić information content (AvgIpc) is 1.82. The molecule has 3 radical (unpaired) electrons. The zero-order chi connectivity index (χ0) is 8.15. The van der Waals surface area contributed by atoms with Gasteiger partial charge in [0.25, 0.3) is 0 Å². The van der Waals surface area contributed by atoms with Gasteiger partial charge in [0.2, 0.25) is 0 Å². The second-order valence-corrected chi connectivity index (χ2v) is 1.88. The number of hydrogen-bond donors (Lipinski definition) is 3. The summed E-state index contributed by atoms with van der Waals surface area (Å²) < 4.78 is 0. The Kier molecular flexibility index (Phi) is 6.57. The minimum absolute atomic E-state index is 0. The molecule has 0 aliphatic rings. The monoisotopic (exact) mass is 158 g/mol. The van der Waals surface area contributed by atoms with Crippen molar-refractivity contribution in [2.45, 2.75) is 18.9 Å². The molecule has 11 heavy (non-hydrogen) atoms. The molecule has 0 amide bonds. The summed E-state index contributed by atoms with van der Waals surface area (Å²) in [5, 5.41) is 16.3. The summed E-state index contributed by atoms with van der Waals surface area (Å²) in [6.45, 7) is 0. The standard InChI is InChI=1S/C5H9NO4.B/c6-3(5(9)10)1-2-4(7)8;/h3H,1-2,6H2,(H,7,8)(H,9,10);/t3-;/m0./s1. The van der Waals surface area contributed by atoms with E-state index in [0.717, 1.165) is 0 Å². The predicted octanol–water partition coefficient (Wildman–Crippen LogP) is -1.12. The first kappa shape index (κ1) is 12.6. The van der Waals surface area contributed by atoms with Crippen LogP contribution in [0.2, 0.25) is 0 Å². The lowest BCUT2D eigenvalue weighted by molar-refractivity contribution is -0.139. The van der Waals surface area contributed by atoms with Gasteiger partial charge in [-0.1, -0.05) is 0 Å². The van der Waals surface area contributed by atoms with Gasteiger partial charge in [-0.2, -0.15) is 0 Å². The Balaban J connectivity index is 0. The highest BCUT2D eigenvalue weighted by atomic mass is 16.4. The smallest absolute Gasteiger partial charge is 0.320 e. The van der Waals surface area contributed by atoms with E-state index in [2.05, 4.69) is 0 Å². The highest BCUT2D eigenvalue weighted by Gasteiger charge is 2.12. The summed E-state index contributed by atoms with van der Waals surface area (Å²) in [4.78, 5) is 19.9. The van der Waals surface area contributed by atoms with Gasteiger partial charge < -0.3 is 15.9 Å². The molecule has 0 heterocycles. The maximum Gasteiger partial charge on any atom is 0.320 e. The largest absolute Gasteiger partial charge is 0.481 e. The molecular weight excluding hydrogens is 149 g/mol. The van der Waals surface area contributed by atoms with Gasteiger partial charge in [-0.05, 0) is 6.42 Å². The molecule has 0 aliphatic heterocycles. The van der Waals surface area contributed by atoms with Crippen molar-refractivity contribution in [3.8, 4) is 0 Å². The lowest BCUT2D eigenvalue weighted by Gasteiger charge is -2.01. The van der Waals surface area contributed by atoms with Gasteiger partial charge in [-0.15, -0.1) is 0 Å². The predicted molar refractivity (Wildman–Crippen MR) is 38.2 cm³/mol. The number of hydrogen-bond acceptors (Lipinski definition) is 3. The number of carboxylic acids is 2. The first-order valence-corrected chi connectivity index (χ1v) is 2.74. The molecule has 0 unspecified atom stereocenters. The van der Waals surface area contributed by atoms with Crippen LogP contribution in [-0.2, 0) is 9.59 Å². The Hall–Kier alpha value is -1.04. The Morgan fingerprint density at radius 2 is 1.82 bits per heavy atom. The zero-order valence-corrected chi connectivity index (χ0v) is 5.86. The van der Waals surface area contributed by atoms with Crippen LogP contribution in [-0.4, -0.2) is 36.6 Å². The van der Waals surface area contributed by atoms with E-state index < -0.39 is 18.0 Å². The van der Waals surface area contributed by atoms with Gasteiger partial charge in [0, 0.05) is 14.8 Å². The second kappa shape index (κ2) is 5.73. The van der Waals surface area contributed by atoms with Crippen LogP contribution < -0.4 is 5.73 Å². The van der Waals surface area contributed by atoms with E-state index in [1.807, 2.05) is 0 Å². The van der Waals surface area contributed by atoms with Gasteiger partial charge in [-0.25, -0.2) is 0 Å². The van der Waals surface area contributed by atoms with E-state index in [9.17, 15) is 9.59 Å². The molecule has 0 bridgehead atoms. The van der Waals surface area contributed by atoms with Crippen LogP contribution in [0.1, 0.15) is 12.8 Å². The van der Waals surface area contributed by atoms with Crippen molar-refractivity contribution in [1.29, 1.82) is 0 Å². The topological polar surface area (TPSA) is 101 Å². The molecule has 0 saturated carbocycles. The summed E-state index contributed by atoms with van der Waals surface area (Å²) in [6.07, 6.45) is -0.224. The Labute approximate surface area is 65.8 Å². The van der Waals surface area contributed by atoms with Gasteiger partial charge in [0.05, 0.1) is 0 Å². The first-order chi connectivity index (χ1) is 4.54. The third kappa shape index (κ3) is 6.86. The van der Waals surface area contributed by atoms with Crippen molar-refractivity contribution >= 4 is 20.4 Å². The quantitative estimate of drug-likeness (QED) is 0.450. The molecule has 0 rings (SSSR count). The summed E-state index contributed by atoms with van der Waals surface area (Å²) in [5.41, 5.74) is 5.00. The second-order valence-electron chi connectivity index (χ2n) is 1.88. The number of aliphatic carboxylic acids is 2. The van der Waals surface area contributed by atoms with E-state index in [1.54, 1.807) is 0 Å². The maximum atomic E-state index is 9.99. The summed E-state index contributed by atoms with van der Waals surface area (Å²) >= 11 is 0. The van der Waals surface area contributed by atoms with Crippen molar-refractivity contribution in [2.75, 3.05) is 0 Å². The summed E-state index contributed by atoms with van der Waals surface area (Å²) in [5.74, 6) is -2.20. The molecule has 0 spiro atoms. The van der Waals surface area contributed by atoms with Crippen LogP contribution in [0.15, 0.2) is 0 Å². The molecule has 0 aromatic carbocycles. The number of nitrogens with two attached hydrogens (primary N) is 1. The molecule has 5 nitrogen and oxygen atoms in total.